The molecule has 0 radical (unpaired) electrons. The number of aromatic amines is 1. The zero-order valence-electron chi connectivity index (χ0n) is 15.9. The second-order valence-corrected chi connectivity index (χ2v) is 7.74. The lowest BCUT2D eigenvalue weighted by Crippen LogP contribution is -2.16. The van der Waals surface area contributed by atoms with Crippen molar-refractivity contribution >= 4 is 11.5 Å². The molecule has 5 rings (SSSR count). The lowest BCUT2D eigenvalue weighted by Gasteiger charge is -2.28. The van der Waals surface area contributed by atoms with Crippen molar-refractivity contribution in [3.05, 3.63) is 64.7 Å². The van der Waals surface area contributed by atoms with Gasteiger partial charge in [0.2, 0.25) is 0 Å². The molecule has 29 heavy (non-hydrogen) atoms. The minimum atomic E-state index is -0.476. The highest BCUT2D eigenvalue weighted by atomic mass is 16.5. The molecule has 0 aliphatic heterocycles. The molecule has 4 aromatic rings. The van der Waals surface area contributed by atoms with Crippen molar-refractivity contribution in [1.29, 1.82) is 0 Å². The average molecular weight is 390 g/mol. The Morgan fingerprint density at radius 1 is 1.14 bits per heavy atom. The highest BCUT2D eigenvalue weighted by Gasteiger charge is 2.23. The number of fused-ring (bicyclic) bond motifs is 1. The SMILES string of the molecule is Nc1c(-c2ccc([C@H]3CC[C@H](Cc4noc(=O)[nH]4)CC3)cc2)cnc2ccnn12. The maximum Gasteiger partial charge on any atom is 0.438 e. The van der Waals surface area contributed by atoms with E-state index in [0.29, 0.717) is 23.5 Å². The third-order valence-corrected chi connectivity index (χ3v) is 5.96. The summed E-state index contributed by atoms with van der Waals surface area (Å²) in [5, 5.41) is 8.02. The van der Waals surface area contributed by atoms with E-state index >= 15 is 0 Å². The molecule has 0 bridgehead atoms. The second-order valence-electron chi connectivity index (χ2n) is 7.74. The van der Waals surface area contributed by atoms with E-state index < -0.39 is 5.76 Å². The predicted octanol–water partition coefficient (Wildman–Crippen LogP) is 3.17. The average Bonchev–Trinajstić information content (AvgIpc) is 3.38. The molecule has 3 N–H and O–H groups in total. The highest BCUT2D eigenvalue weighted by molar-refractivity contribution is 5.75. The third-order valence-electron chi connectivity index (χ3n) is 5.96. The van der Waals surface area contributed by atoms with Crippen LogP contribution in [0.5, 0.6) is 0 Å². The van der Waals surface area contributed by atoms with Crippen LogP contribution in [0.3, 0.4) is 0 Å². The number of nitrogens with two attached hydrogens (primary N) is 1. The normalized spacial score (nSPS) is 19.6. The Bertz CT molecular complexity index is 1180. The Balaban J connectivity index is 1.27. The first-order valence-corrected chi connectivity index (χ1v) is 9.91. The summed E-state index contributed by atoms with van der Waals surface area (Å²) in [6.07, 6.45) is 8.79. The van der Waals surface area contributed by atoms with Crippen molar-refractivity contribution in [2.75, 3.05) is 5.73 Å². The summed E-state index contributed by atoms with van der Waals surface area (Å²) in [7, 11) is 0. The maximum absolute atomic E-state index is 11.1. The molecule has 148 valence electrons. The van der Waals surface area contributed by atoms with Gasteiger partial charge in [-0.2, -0.15) is 9.61 Å². The molecular weight excluding hydrogens is 368 g/mol. The van der Waals surface area contributed by atoms with Crippen LogP contribution in [0.4, 0.5) is 5.82 Å². The summed E-state index contributed by atoms with van der Waals surface area (Å²) in [6.45, 7) is 0. The fourth-order valence-corrected chi connectivity index (χ4v) is 4.37. The van der Waals surface area contributed by atoms with Crippen LogP contribution < -0.4 is 11.5 Å². The Kier molecular flexibility index (Phi) is 4.38. The van der Waals surface area contributed by atoms with Crippen LogP contribution in [0.15, 0.2) is 52.0 Å². The first kappa shape index (κ1) is 17.7. The molecule has 0 saturated heterocycles. The molecular formula is C21H22N6O2. The standard InChI is InChI=1S/C21H22N6O2/c22-20-17(12-23-19-9-10-24-27(19)20)16-7-5-15(6-8-16)14-3-1-13(2-4-14)11-18-25-21(28)29-26-18/h5-10,12-14H,1-4,11,22H2,(H,25,26,28)/t13-,14-. The van der Waals surface area contributed by atoms with E-state index in [4.69, 9.17) is 5.73 Å². The van der Waals surface area contributed by atoms with Gasteiger partial charge in [0.1, 0.15) is 5.82 Å². The third kappa shape index (κ3) is 3.41. The van der Waals surface area contributed by atoms with Gasteiger partial charge in [0.15, 0.2) is 11.5 Å². The Morgan fingerprint density at radius 3 is 2.66 bits per heavy atom. The van der Waals surface area contributed by atoms with Crippen LogP contribution in [0.25, 0.3) is 16.8 Å². The van der Waals surface area contributed by atoms with E-state index in [2.05, 4.69) is 49.0 Å². The van der Waals surface area contributed by atoms with Gasteiger partial charge in [-0.1, -0.05) is 29.4 Å². The molecule has 0 atom stereocenters. The summed E-state index contributed by atoms with van der Waals surface area (Å²) >= 11 is 0. The highest BCUT2D eigenvalue weighted by Crippen LogP contribution is 2.37. The van der Waals surface area contributed by atoms with Crippen molar-refractivity contribution in [3.8, 4) is 11.1 Å². The van der Waals surface area contributed by atoms with Gasteiger partial charge in [-0.15, -0.1) is 0 Å². The molecule has 8 nitrogen and oxygen atoms in total. The zero-order valence-corrected chi connectivity index (χ0v) is 15.9. The van der Waals surface area contributed by atoms with Gasteiger partial charge in [0.05, 0.1) is 6.20 Å². The second kappa shape index (κ2) is 7.20. The van der Waals surface area contributed by atoms with E-state index in [0.717, 1.165) is 48.9 Å². The largest absolute Gasteiger partial charge is 0.438 e. The number of hydrogen-bond acceptors (Lipinski definition) is 6. The van der Waals surface area contributed by atoms with Crippen LogP contribution in [0, 0.1) is 5.92 Å². The van der Waals surface area contributed by atoms with Gasteiger partial charge < -0.3 is 5.73 Å². The topological polar surface area (TPSA) is 115 Å². The van der Waals surface area contributed by atoms with E-state index in [9.17, 15) is 4.79 Å². The monoisotopic (exact) mass is 390 g/mol. The molecule has 0 unspecified atom stereocenters. The number of rotatable bonds is 4. The van der Waals surface area contributed by atoms with Gasteiger partial charge in [-0.05, 0) is 48.6 Å². The molecule has 0 amide bonds. The molecule has 1 saturated carbocycles. The van der Waals surface area contributed by atoms with E-state index in [1.54, 1.807) is 16.9 Å². The molecule has 3 heterocycles. The Labute approximate surface area is 166 Å². The lowest BCUT2D eigenvalue weighted by atomic mass is 9.77. The van der Waals surface area contributed by atoms with Crippen molar-refractivity contribution < 1.29 is 4.52 Å². The minimum absolute atomic E-state index is 0.476. The summed E-state index contributed by atoms with van der Waals surface area (Å²) in [5.74, 6) is 1.87. The van der Waals surface area contributed by atoms with Gasteiger partial charge in [0, 0.05) is 24.2 Å². The van der Waals surface area contributed by atoms with E-state index in [-0.39, 0.29) is 0 Å². The van der Waals surface area contributed by atoms with Gasteiger partial charge >= 0.3 is 5.76 Å². The summed E-state index contributed by atoms with van der Waals surface area (Å²) in [6, 6.07) is 10.5. The molecule has 1 fully saturated rings. The van der Waals surface area contributed by atoms with Gasteiger partial charge in [-0.25, -0.2) is 9.78 Å². The van der Waals surface area contributed by atoms with Crippen LogP contribution in [0.1, 0.15) is 43.0 Å². The fourth-order valence-electron chi connectivity index (χ4n) is 4.37. The molecule has 0 spiro atoms. The summed E-state index contributed by atoms with van der Waals surface area (Å²) in [4.78, 5) is 18.1. The smallest absolute Gasteiger partial charge is 0.383 e. The number of hydrogen-bond donors (Lipinski definition) is 2. The summed E-state index contributed by atoms with van der Waals surface area (Å²) in [5.41, 5.74) is 10.3. The number of nitrogens with zero attached hydrogens (tertiary/aromatic N) is 4. The minimum Gasteiger partial charge on any atom is -0.383 e. The number of nitrogens with one attached hydrogen (secondary N) is 1. The van der Waals surface area contributed by atoms with Gasteiger partial charge in [-0.3, -0.25) is 9.51 Å². The van der Waals surface area contributed by atoms with Crippen molar-refractivity contribution in [2.24, 2.45) is 5.92 Å². The quantitative estimate of drug-likeness (QED) is 0.553. The molecule has 3 aromatic heterocycles. The van der Waals surface area contributed by atoms with Crippen molar-refractivity contribution in [3.63, 3.8) is 0 Å². The first-order chi connectivity index (χ1) is 14.2. The van der Waals surface area contributed by atoms with Crippen LogP contribution in [0.2, 0.25) is 0 Å². The molecule has 1 aliphatic carbocycles. The van der Waals surface area contributed by atoms with Crippen LogP contribution >= 0.6 is 0 Å². The fraction of sp³-hybridized carbons (Fsp3) is 0.333. The first-order valence-electron chi connectivity index (χ1n) is 9.91. The van der Waals surface area contributed by atoms with Crippen LogP contribution in [-0.2, 0) is 6.42 Å². The number of anilines is 1. The van der Waals surface area contributed by atoms with Crippen molar-refractivity contribution in [2.45, 2.75) is 38.0 Å². The number of H-pyrrole nitrogens is 1. The number of aromatic nitrogens is 5. The number of nitrogen functional groups attached to an aromatic ring is 1. The molecule has 8 heteroatoms. The summed E-state index contributed by atoms with van der Waals surface area (Å²) < 4.78 is 6.25. The Hall–Kier alpha value is -3.42. The van der Waals surface area contributed by atoms with Gasteiger partial charge in [0.25, 0.3) is 0 Å². The van der Waals surface area contributed by atoms with E-state index in [1.807, 2.05) is 6.07 Å². The molecule has 1 aliphatic rings. The van der Waals surface area contributed by atoms with Crippen molar-refractivity contribution in [1.82, 2.24) is 24.7 Å². The van der Waals surface area contributed by atoms with Crippen LogP contribution in [-0.4, -0.2) is 24.7 Å². The molecule has 1 aromatic carbocycles. The maximum atomic E-state index is 11.1. The predicted molar refractivity (Wildman–Crippen MR) is 108 cm³/mol. The van der Waals surface area contributed by atoms with E-state index in [1.165, 1.54) is 5.56 Å². The Morgan fingerprint density at radius 2 is 1.93 bits per heavy atom. The lowest BCUT2D eigenvalue weighted by molar-refractivity contribution is 0.314. The zero-order chi connectivity index (χ0) is 19.8. The number of benzene rings is 1.